The molecule has 0 unspecified atom stereocenters. The summed E-state index contributed by atoms with van der Waals surface area (Å²) < 4.78 is 2.25. The van der Waals surface area contributed by atoms with Crippen LogP contribution in [0.5, 0.6) is 0 Å². The van der Waals surface area contributed by atoms with Crippen molar-refractivity contribution < 1.29 is 0 Å². The van der Waals surface area contributed by atoms with Crippen molar-refractivity contribution in [1.82, 2.24) is 15.1 Å². The first-order chi connectivity index (χ1) is 14.2. The van der Waals surface area contributed by atoms with Gasteiger partial charge in [0.05, 0.1) is 27.8 Å². The lowest BCUT2D eigenvalue weighted by Crippen LogP contribution is -2.23. The Morgan fingerprint density at radius 1 is 1.00 bits per heavy atom. The highest BCUT2D eigenvalue weighted by molar-refractivity contribution is 6.33. The van der Waals surface area contributed by atoms with E-state index in [2.05, 4.69) is 53.4 Å². The molecule has 1 aromatic heterocycles. The van der Waals surface area contributed by atoms with E-state index in [-0.39, 0.29) is 0 Å². The predicted octanol–water partition coefficient (Wildman–Crippen LogP) is 4.93. The van der Waals surface area contributed by atoms with Crippen molar-refractivity contribution in [3.63, 3.8) is 0 Å². The molecule has 2 N–H and O–H groups in total. The van der Waals surface area contributed by atoms with Gasteiger partial charge in [0.15, 0.2) is 0 Å². The molecule has 2 aliphatic heterocycles. The van der Waals surface area contributed by atoms with Crippen molar-refractivity contribution in [2.24, 2.45) is 0 Å². The highest BCUT2D eigenvalue weighted by atomic mass is 35.5. The summed E-state index contributed by atoms with van der Waals surface area (Å²) in [6.07, 6.45) is 3.95. The van der Waals surface area contributed by atoms with E-state index in [0.29, 0.717) is 0 Å². The molecule has 0 amide bonds. The van der Waals surface area contributed by atoms with Gasteiger partial charge in [0.2, 0.25) is 0 Å². The largest absolute Gasteiger partial charge is 0.383 e. The van der Waals surface area contributed by atoms with Crippen molar-refractivity contribution in [3.05, 3.63) is 63.3 Å². The van der Waals surface area contributed by atoms with E-state index in [1.54, 1.807) is 0 Å². The van der Waals surface area contributed by atoms with Gasteiger partial charge in [0.25, 0.3) is 0 Å². The third-order valence-corrected chi connectivity index (χ3v) is 6.59. The standard InChI is InChI=1S/C24H27ClN4/c1-3-15-6-5-7-16(4-2)23(15)29-24(19-14-26-12-11-21(19)28-29)18-8-9-20(25)22-17(18)10-13-27-22/h5-9,26-27H,3-4,10-14H2,1-2H3. The Balaban J connectivity index is 1.83. The molecule has 0 aliphatic carbocycles. The van der Waals surface area contributed by atoms with Gasteiger partial charge < -0.3 is 10.6 Å². The Bertz CT molecular complexity index is 1060. The first-order valence-electron chi connectivity index (χ1n) is 10.7. The van der Waals surface area contributed by atoms with Crippen LogP contribution in [0.25, 0.3) is 16.9 Å². The van der Waals surface area contributed by atoms with Crippen LogP contribution in [0.15, 0.2) is 30.3 Å². The average molecular weight is 407 g/mol. The topological polar surface area (TPSA) is 41.9 Å². The maximum absolute atomic E-state index is 6.50. The monoisotopic (exact) mass is 406 g/mol. The minimum Gasteiger partial charge on any atom is -0.383 e. The fourth-order valence-electron chi connectivity index (χ4n) is 4.83. The zero-order valence-corrected chi connectivity index (χ0v) is 17.9. The van der Waals surface area contributed by atoms with Crippen molar-refractivity contribution in [2.75, 3.05) is 18.4 Å². The second kappa shape index (κ2) is 7.51. The van der Waals surface area contributed by atoms with Gasteiger partial charge in [0.1, 0.15) is 0 Å². The number of anilines is 1. The number of hydrogen-bond acceptors (Lipinski definition) is 3. The van der Waals surface area contributed by atoms with Crippen LogP contribution in [0, 0.1) is 0 Å². The number of fused-ring (bicyclic) bond motifs is 2. The van der Waals surface area contributed by atoms with Gasteiger partial charge in [-0.15, -0.1) is 0 Å². The molecule has 0 spiro atoms. The van der Waals surface area contributed by atoms with Crippen LogP contribution in [-0.4, -0.2) is 22.9 Å². The average Bonchev–Trinajstić information content (AvgIpc) is 3.39. The molecule has 5 rings (SSSR count). The SMILES string of the molecule is CCc1cccc(CC)c1-n1nc2c(c1-c1ccc(Cl)c3c1CCN3)CNCC2. The summed E-state index contributed by atoms with van der Waals surface area (Å²) in [5.74, 6) is 0. The molecule has 0 saturated carbocycles. The zero-order chi connectivity index (χ0) is 20.0. The zero-order valence-electron chi connectivity index (χ0n) is 17.1. The van der Waals surface area contributed by atoms with Crippen LogP contribution < -0.4 is 10.6 Å². The summed E-state index contributed by atoms with van der Waals surface area (Å²) in [6.45, 7) is 7.25. The summed E-state index contributed by atoms with van der Waals surface area (Å²) in [7, 11) is 0. The lowest BCUT2D eigenvalue weighted by Gasteiger charge is -2.19. The molecule has 2 aromatic carbocycles. The van der Waals surface area contributed by atoms with Gasteiger partial charge in [-0.2, -0.15) is 5.10 Å². The summed E-state index contributed by atoms with van der Waals surface area (Å²) >= 11 is 6.50. The summed E-state index contributed by atoms with van der Waals surface area (Å²) in [4.78, 5) is 0. The molecule has 150 valence electrons. The van der Waals surface area contributed by atoms with E-state index >= 15 is 0 Å². The fourth-order valence-corrected chi connectivity index (χ4v) is 5.08. The van der Waals surface area contributed by atoms with Gasteiger partial charge in [-0.3, -0.25) is 0 Å². The van der Waals surface area contributed by atoms with E-state index in [1.807, 2.05) is 6.07 Å². The van der Waals surface area contributed by atoms with Crippen LogP contribution in [0.1, 0.15) is 41.8 Å². The Labute approximate surface area is 177 Å². The number of nitrogens with one attached hydrogen (secondary N) is 2. The molecule has 2 aliphatic rings. The van der Waals surface area contributed by atoms with E-state index in [9.17, 15) is 0 Å². The molecule has 0 bridgehead atoms. The van der Waals surface area contributed by atoms with Crippen LogP contribution in [-0.2, 0) is 32.2 Å². The van der Waals surface area contributed by atoms with E-state index in [4.69, 9.17) is 16.7 Å². The lowest BCUT2D eigenvalue weighted by atomic mass is 9.95. The van der Waals surface area contributed by atoms with Crippen molar-refractivity contribution >= 4 is 17.3 Å². The molecule has 4 nitrogen and oxygen atoms in total. The first kappa shape index (κ1) is 18.7. The van der Waals surface area contributed by atoms with Crippen LogP contribution in [0.3, 0.4) is 0 Å². The number of aryl methyl sites for hydroxylation is 2. The summed E-state index contributed by atoms with van der Waals surface area (Å²) in [5.41, 5.74) is 11.4. The quantitative estimate of drug-likeness (QED) is 0.645. The van der Waals surface area contributed by atoms with E-state index in [0.717, 1.165) is 56.0 Å². The van der Waals surface area contributed by atoms with E-state index in [1.165, 1.54) is 44.9 Å². The van der Waals surface area contributed by atoms with E-state index < -0.39 is 0 Å². The number of halogens is 1. The molecule has 0 saturated heterocycles. The minimum atomic E-state index is 0.808. The molecule has 3 heterocycles. The smallest absolute Gasteiger partial charge is 0.0792 e. The molecule has 5 heteroatoms. The third-order valence-electron chi connectivity index (χ3n) is 6.28. The number of benzene rings is 2. The molecule has 3 aromatic rings. The molecule has 29 heavy (non-hydrogen) atoms. The Morgan fingerprint density at radius 3 is 2.55 bits per heavy atom. The summed E-state index contributed by atoms with van der Waals surface area (Å²) in [6, 6.07) is 10.9. The minimum absolute atomic E-state index is 0.808. The van der Waals surface area contributed by atoms with Crippen molar-refractivity contribution in [1.29, 1.82) is 0 Å². The highest BCUT2D eigenvalue weighted by Gasteiger charge is 2.28. The number of aromatic nitrogens is 2. The number of hydrogen-bond donors (Lipinski definition) is 2. The lowest BCUT2D eigenvalue weighted by molar-refractivity contribution is 0.635. The second-order valence-corrected chi connectivity index (χ2v) is 8.28. The summed E-state index contributed by atoms with van der Waals surface area (Å²) in [5, 5.41) is 13.0. The number of nitrogens with zero attached hydrogens (tertiary/aromatic N) is 2. The number of rotatable bonds is 4. The number of para-hydroxylation sites is 1. The van der Waals surface area contributed by atoms with Crippen LogP contribution in [0.2, 0.25) is 5.02 Å². The fraction of sp³-hybridized carbons (Fsp3) is 0.375. The molecule has 0 fully saturated rings. The van der Waals surface area contributed by atoms with Gasteiger partial charge in [-0.05, 0) is 42.0 Å². The normalized spacial score (nSPS) is 15.1. The van der Waals surface area contributed by atoms with Crippen molar-refractivity contribution in [2.45, 2.75) is 46.1 Å². The molecular weight excluding hydrogens is 380 g/mol. The predicted molar refractivity (Wildman–Crippen MR) is 120 cm³/mol. The van der Waals surface area contributed by atoms with Gasteiger partial charge in [-0.25, -0.2) is 4.68 Å². The van der Waals surface area contributed by atoms with Crippen LogP contribution in [0.4, 0.5) is 5.69 Å². The highest BCUT2D eigenvalue weighted by Crippen LogP contribution is 2.41. The van der Waals surface area contributed by atoms with Crippen LogP contribution >= 0.6 is 11.6 Å². The Morgan fingerprint density at radius 2 is 1.79 bits per heavy atom. The first-order valence-corrected chi connectivity index (χ1v) is 11.1. The maximum atomic E-state index is 6.50. The maximum Gasteiger partial charge on any atom is 0.0792 e. The molecule has 0 radical (unpaired) electrons. The molecular formula is C24H27ClN4. The van der Waals surface area contributed by atoms with Gasteiger partial charge in [0, 0.05) is 37.2 Å². The Hall–Kier alpha value is -2.30. The van der Waals surface area contributed by atoms with Crippen molar-refractivity contribution in [3.8, 4) is 16.9 Å². The third kappa shape index (κ3) is 2.97. The second-order valence-electron chi connectivity index (χ2n) is 7.87. The molecule has 0 atom stereocenters. The van der Waals surface area contributed by atoms with Gasteiger partial charge in [-0.1, -0.05) is 49.7 Å². The van der Waals surface area contributed by atoms with Gasteiger partial charge >= 0.3 is 0 Å². The Kier molecular flexibility index (Phi) is 4.84.